The minimum Gasteiger partial charge on any atom is -0.393 e. The largest absolute Gasteiger partial charge is 0.393 e. The minimum atomic E-state index is -0.0531. The Bertz CT molecular complexity index is 695. The maximum absolute atomic E-state index is 10.2. The van der Waals surface area contributed by atoms with Crippen LogP contribution in [0.3, 0.4) is 0 Å². The van der Waals surface area contributed by atoms with E-state index in [2.05, 4.69) is 52.8 Å². The maximum Gasteiger partial charge on any atom is 0.0543 e. The molecule has 0 aliphatic heterocycles. The molecule has 4 aliphatic carbocycles. The van der Waals surface area contributed by atoms with Gasteiger partial charge < -0.3 is 5.11 Å². The van der Waals surface area contributed by atoms with Crippen molar-refractivity contribution in [2.75, 3.05) is 0 Å². The highest BCUT2D eigenvalue weighted by Gasteiger charge is 2.52. The summed E-state index contributed by atoms with van der Waals surface area (Å²) in [6, 6.07) is 0. The molecule has 4 rings (SSSR count). The van der Waals surface area contributed by atoms with E-state index in [4.69, 9.17) is 0 Å². The van der Waals surface area contributed by atoms with Gasteiger partial charge in [0.1, 0.15) is 0 Å². The van der Waals surface area contributed by atoms with Crippen LogP contribution in [0.2, 0.25) is 0 Å². The van der Waals surface area contributed by atoms with Gasteiger partial charge in [-0.1, -0.05) is 58.4 Å². The van der Waals surface area contributed by atoms with Gasteiger partial charge in [0, 0.05) is 0 Å². The smallest absolute Gasteiger partial charge is 0.0543 e. The van der Waals surface area contributed by atoms with Crippen LogP contribution in [0, 0.1) is 34.5 Å². The summed E-state index contributed by atoms with van der Waals surface area (Å²) in [6.07, 6.45) is 18.4. The number of aliphatic hydroxyl groups excluding tert-OH is 1. The van der Waals surface area contributed by atoms with Crippen LogP contribution >= 0.6 is 0 Å². The molecule has 0 radical (unpaired) electrons. The fraction of sp³-hybridized carbons (Fsp3) is 0.778. The lowest BCUT2D eigenvalue weighted by Gasteiger charge is -2.53. The Kier molecular flexibility index (Phi) is 5.45. The van der Waals surface area contributed by atoms with Gasteiger partial charge >= 0.3 is 0 Å². The van der Waals surface area contributed by atoms with Crippen LogP contribution in [0.5, 0.6) is 0 Å². The SMILES string of the molecule is CC(C)CC=C[C@@H](C)[C@H]1CC=C2C3=C(CC[C@@]21C)[C@@]1(C)CCC(O)CC1CC3. The molecule has 0 aromatic rings. The zero-order chi connectivity index (χ0) is 20.1. The van der Waals surface area contributed by atoms with Gasteiger partial charge in [-0.25, -0.2) is 0 Å². The molecule has 1 nitrogen and oxygen atoms in total. The molecule has 0 aromatic carbocycles. The Balaban J connectivity index is 1.58. The predicted molar refractivity (Wildman–Crippen MR) is 119 cm³/mol. The Morgan fingerprint density at radius 2 is 1.89 bits per heavy atom. The highest BCUT2D eigenvalue weighted by molar-refractivity contribution is 5.49. The van der Waals surface area contributed by atoms with Gasteiger partial charge in [-0.3, -0.25) is 0 Å². The molecule has 4 aliphatic rings. The van der Waals surface area contributed by atoms with Crippen molar-refractivity contribution in [3.63, 3.8) is 0 Å². The van der Waals surface area contributed by atoms with E-state index in [9.17, 15) is 5.11 Å². The van der Waals surface area contributed by atoms with Gasteiger partial charge in [-0.2, -0.15) is 0 Å². The average Bonchev–Trinajstić information content (AvgIpc) is 2.99. The third kappa shape index (κ3) is 3.26. The molecule has 0 saturated heterocycles. The molecule has 1 saturated carbocycles. The lowest BCUT2D eigenvalue weighted by atomic mass is 9.51. The number of rotatable bonds is 4. The van der Waals surface area contributed by atoms with E-state index in [0.717, 1.165) is 24.7 Å². The summed E-state index contributed by atoms with van der Waals surface area (Å²) in [5, 5.41) is 10.2. The Morgan fingerprint density at radius 1 is 1.11 bits per heavy atom. The second kappa shape index (κ2) is 7.46. The van der Waals surface area contributed by atoms with Gasteiger partial charge in [0.2, 0.25) is 0 Å². The highest BCUT2D eigenvalue weighted by atomic mass is 16.3. The number of allylic oxidation sites excluding steroid dienone is 6. The first-order chi connectivity index (χ1) is 13.3. The molecule has 6 atom stereocenters. The van der Waals surface area contributed by atoms with Gasteiger partial charge in [-0.15, -0.1) is 0 Å². The topological polar surface area (TPSA) is 20.2 Å². The first kappa shape index (κ1) is 20.5. The minimum absolute atomic E-state index is 0.0531. The van der Waals surface area contributed by atoms with Crippen molar-refractivity contribution in [1.29, 1.82) is 0 Å². The average molecular weight is 383 g/mol. The van der Waals surface area contributed by atoms with Gasteiger partial charge in [0.25, 0.3) is 0 Å². The second-order valence-electron chi connectivity index (χ2n) is 11.3. The molecule has 1 heteroatoms. The molecular formula is C27H42O. The van der Waals surface area contributed by atoms with Crippen molar-refractivity contribution in [3.8, 4) is 0 Å². The van der Waals surface area contributed by atoms with Crippen molar-refractivity contribution in [2.45, 2.75) is 98.5 Å². The zero-order valence-corrected chi connectivity index (χ0v) is 18.9. The number of aliphatic hydroxyl groups is 1. The van der Waals surface area contributed by atoms with Crippen LogP contribution in [0.4, 0.5) is 0 Å². The van der Waals surface area contributed by atoms with Crippen molar-refractivity contribution < 1.29 is 5.11 Å². The number of hydrogen-bond acceptors (Lipinski definition) is 1. The quantitative estimate of drug-likeness (QED) is 0.508. The van der Waals surface area contributed by atoms with Crippen molar-refractivity contribution >= 4 is 0 Å². The van der Waals surface area contributed by atoms with Crippen molar-refractivity contribution in [3.05, 3.63) is 34.9 Å². The fourth-order valence-electron chi connectivity index (χ4n) is 7.36. The van der Waals surface area contributed by atoms with Crippen molar-refractivity contribution in [2.24, 2.45) is 34.5 Å². The normalized spacial score (nSPS) is 41.7. The first-order valence-electron chi connectivity index (χ1n) is 12.0. The second-order valence-corrected chi connectivity index (χ2v) is 11.3. The lowest BCUT2D eigenvalue weighted by Crippen LogP contribution is -2.44. The molecule has 0 heterocycles. The molecule has 28 heavy (non-hydrogen) atoms. The van der Waals surface area contributed by atoms with Gasteiger partial charge in [0.15, 0.2) is 0 Å². The third-order valence-corrected chi connectivity index (χ3v) is 9.16. The summed E-state index contributed by atoms with van der Waals surface area (Å²) >= 11 is 0. The predicted octanol–water partition coefficient (Wildman–Crippen LogP) is 7.23. The highest BCUT2D eigenvalue weighted by Crippen LogP contribution is 2.64. The van der Waals surface area contributed by atoms with E-state index < -0.39 is 0 Å². The standard InChI is InChI=1S/C27H42O/c1-18(2)7-6-8-19(3)23-11-12-24-22-10-9-20-17-21(28)13-15-26(20,4)25(22)14-16-27(23,24)5/h6,8,12,18-21,23,28H,7,9-11,13-17H2,1-5H3/t19-,20?,21?,23-,26+,27-/m1/s1. The Morgan fingerprint density at radius 3 is 2.64 bits per heavy atom. The number of fused-ring (bicyclic) bond motifs is 4. The molecule has 1 N–H and O–H groups in total. The van der Waals surface area contributed by atoms with Gasteiger partial charge in [0.05, 0.1) is 6.10 Å². The summed E-state index contributed by atoms with van der Waals surface area (Å²) in [5.74, 6) is 2.88. The molecular weight excluding hydrogens is 340 g/mol. The molecule has 0 amide bonds. The van der Waals surface area contributed by atoms with Crippen molar-refractivity contribution in [1.82, 2.24) is 0 Å². The van der Waals surface area contributed by atoms with Crippen LogP contribution in [-0.2, 0) is 0 Å². The van der Waals surface area contributed by atoms with E-state index in [1.54, 1.807) is 16.7 Å². The van der Waals surface area contributed by atoms with Crippen LogP contribution in [0.15, 0.2) is 34.9 Å². The first-order valence-corrected chi connectivity index (χ1v) is 12.0. The summed E-state index contributed by atoms with van der Waals surface area (Å²) in [5.41, 5.74) is 6.01. The molecule has 0 spiro atoms. The number of hydrogen-bond donors (Lipinski definition) is 1. The molecule has 0 bridgehead atoms. The molecule has 2 unspecified atom stereocenters. The molecule has 156 valence electrons. The molecule has 1 fully saturated rings. The van der Waals surface area contributed by atoms with Crippen LogP contribution in [0.1, 0.15) is 92.4 Å². The van der Waals surface area contributed by atoms with E-state index in [1.807, 2.05) is 0 Å². The summed E-state index contributed by atoms with van der Waals surface area (Å²) in [7, 11) is 0. The maximum atomic E-state index is 10.2. The summed E-state index contributed by atoms with van der Waals surface area (Å²) in [6.45, 7) is 12.2. The van der Waals surface area contributed by atoms with Crippen LogP contribution < -0.4 is 0 Å². The lowest BCUT2D eigenvalue weighted by molar-refractivity contribution is 0.0229. The van der Waals surface area contributed by atoms with Crippen LogP contribution in [-0.4, -0.2) is 11.2 Å². The van der Waals surface area contributed by atoms with E-state index >= 15 is 0 Å². The fourth-order valence-corrected chi connectivity index (χ4v) is 7.36. The van der Waals surface area contributed by atoms with Gasteiger partial charge in [-0.05, 0) is 103 Å². The Hall–Kier alpha value is -0.820. The monoisotopic (exact) mass is 382 g/mol. The third-order valence-electron chi connectivity index (χ3n) is 9.16. The van der Waals surface area contributed by atoms with E-state index in [0.29, 0.717) is 22.7 Å². The summed E-state index contributed by atoms with van der Waals surface area (Å²) < 4.78 is 0. The van der Waals surface area contributed by atoms with E-state index in [1.165, 1.54) is 44.9 Å². The summed E-state index contributed by atoms with van der Waals surface area (Å²) in [4.78, 5) is 0. The zero-order valence-electron chi connectivity index (χ0n) is 18.9. The van der Waals surface area contributed by atoms with Crippen LogP contribution in [0.25, 0.3) is 0 Å². The molecule has 0 aromatic heterocycles. The Labute approximate surface area is 173 Å². The van der Waals surface area contributed by atoms with E-state index in [-0.39, 0.29) is 6.10 Å².